The molecule has 0 spiro atoms. The second kappa shape index (κ2) is 10.8. The van der Waals surface area contributed by atoms with E-state index in [-0.39, 0.29) is 0 Å². The molecule has 0 aromatic heterocycles. The fourth-order valence-electron chi connectivity index (χ4n) is 1.38. The minimum absolute atomic E-state index is 0.300. The minimum Gasteiger partial charge on any atom is -0.463 e. The second-order valence-corrected chi connectivity index (χ2v) is 4.50. The van der Waals surface area contributed by atoms with Gasteiger partial charge in [-0.3, -0.25) is 0 Å². The summed E-state index contributed by atoms with van der Waals surface area (Å²) in [6.07, 6.45) is 6.49. The zero-order valence-corrected chi connectivity index (χ0v) is 11.6. The third kappa shape index (κ3) is 11.2. The van der Waals surface area contributed by atoms with Gasteiger partial charge in [0.1, 0.15) is 0 Å². The number of carbonyl (C=O) groups is 2. The van der Waals surface area contributed by atoms with Gasteiger partial charge in [-0.2, -0.15) is 0 Å². The first kappa shape index (κ1) is 16.7. The maximum absolute atomic E-state index is 11.2. The van der Waals surface area contributed by atoms with Crippen LogP contribution >= 0.6 is 0 Å². The largest absolute Gasteiger partial charge is 0.463 e. The van der Waals surface area contributed by atoms with Gasteiger partial charge in [0, 0.05) is 12.2 Å². The van der Waals surface area contributed by atoms with E-state index in [9.17, 15) is 9.59 Å². The van der Waals surface area contributed by atoms with E-state index in [1.165, 1.54) is 6.42 Å². The summed E-state index contributed by atoms with van der Waals surface area (Å²) in [6.45, 7) is 6.81. The molecule has 0 rings (SSSR count). The van der Waals surface area contributed by atoms with Crippen LogP contribution in [0.4, 0.5) is 0 Å². The molecule has 0 bridgehead atoms. The van der Waals surface area contributed by atoms with Crippen LogP contribution < -0.4 is 0 Å². The minimum atomic E-state index is -0.522. The Morgan fingerprint density at radius 2 is 1.61 bits per heavy atom. The van der Waals surface area contributed by atoms with Gasteiger partial charge in [0.2, 0.25) is 0 Å². The number of esters is 2. The van der Waals surface area contributed by atoms with Gasteiger partial charge in [-0.15, -0.1) is 0 Å². The van der Waals surface area contributed by atoms with Gasteiger partial charge in [0.25, 0.3) is 0 Å². The number of ether oxygens (including phenoxy) is 2. The van der Waals surface area contributed by atoms with Gasteiger partial charge >= 0.3 is 11.9 Å². The molecule has 0 amide bonds. The predicted octanol–water partition coefficient (Wildman–Crippen LogP) is 2.87. The topological polar surface area (TPSA) is 52.6 Å². The van der Waals surface area contributed by atoms with Crippen molar-refractivity contribution < 1.29 is 19.1 Å². The first-order valence-electron chi connectivity index (χ1n) is 6.57. The first-order chi connectivity index (χ1) is 8.56. The van der Waals surface area contributed by atoms with Crippen LogP contribution in [0, 0.1) is 5.92 Å². The predicted molar refractivity (Wildman–Crippen MR) is 70.0 cm³/mol. The molecule has 4 nitrogen and oxygen atoms in total. The lowest BCUT2D eigenvalue weighted by Gasteiger charge is -2.04. The van der Waals surface area contributed by atoms with Crippen molar-refractivity contribution in [3.05, 3.63) is 12.2 Å². The van der Waals surface area contributed by atoms with Crippen molar-refractivity contribution in [2.45, 2.75) is 46.5 Å². The normalized spacial score (nSPS) is 10.9. The molecule has 0 atom stereocenters. The summed E-state index contributed by atoms with van der Waals surface area (Å²) in [6, 6.07) is 0. The Labute approximate surface area is 109 Å². The Kier molecular flexibility index (Phi) is 10.0. The first-order valence-corrected chi connectivity index (χ1v) is 6.57. The molecular weight excluding hydrogens is 232 g/mol. The van der Waals surface area contributed by atoms with Gasteiger partial charge in [0.15, 0.2) is 0 Å². The van der Waals surface area contributed by atoms with Crippen LogP contribution in [0.25, 0.3) is 0 Å². The number of unbranched alkanes of at least 4 members (excludes halogenated alkanes) is 2. The fraction of sp³-hybridized carbons (Fsp3) is 0.714. The van der Waals surface area contributed by atoms with Crippen LogP contribution in [0.15, 0.2) is 12.2 Å². The van der Waals surface area contributed by atoms with E-state index < -0.39 is 11.9 Å². The van der Waals surface area contributed by atoms with Gasteiger partial charge in [-0.1, -0.05) is 33.1 Å². The second-order valence-electron chi connectivity index (χ2n) is 4.50. The lowest BCUT2D eigenvalue weighted by Crippen LogP contribution is -2.05. The van der Waals surface area contributed by atoms with E-state index >= 15 is 0 Å². The van der Waals surface area contributed by atoms with Crippen LogP contribution in [-0.4, -0.2) is 25.2 Å². The molecule has 0 radical (unpaired) electrons. The Hall–Kier alpha value is -1.32. The van der Waals surface area contributed by atoms with Crippen molar-refractivity contribution in [3.8, 4) is 0 Å². The monoisotopic (exact) mass is 256 g/mol. The van der Waals surface area contributed by atoms with Crippen molar-refractivity contribution in [2.75, 3.05) is 13.2 Å². The molecule has 0 unspecified atom stereocenters. The van der Waals surface area contributed by atoms with Crippen LogP contribution in [0.2, 0.25) is 0 Å². The highest BCUT2D eigenvalue weighted by molar-refractivity contribution is 5.91. The Morgan fingerprint density at radius 1 is 1.00 bits per heavy atom. The number of rotatable bonds is 9. The van der Waals surface area contributed by atoms with E-state index in [2.05, 4.69) is 18.6 Å². The van der Waals surface area contributed by atoms with E-state index in [4.69, 9.17) is 4.74 Å². The smallest absolute Gasteiger partial charge is 0.331 e. The lowest BCUT2D eigenvalue weighted by molar-refractivity contribution is -0.140. The molecule has 0 saturated heterocycles. The summed E-state index contributed by atoms with van der Waals surface area (Å²) >= 11 is 0. The van der Waals surface area contributed by atoms with Crippen LogP contribution in [-0.2, 0) is 19.1 Å². The Bertz CT molecular complexity index is 269. The highest BCUT2D eigenvalue weighted by atomic mass is 16.5. The maximum Gasteiger partial charge on any atom is 0.331 e. The van der Waals surface area contributed by atoms with Gasteiger partial charge in [-0.05, 0) is 19.3 Å². The number of hydrogen-bond acceptors (Lipinski definition) is 4. The van der Waals surface area contributed by atoms with Crippen LogP contribution in [0.1, 0.15) is 46.5 Å². The molecule has 0 aliphatic carbocycles. The Morgan fingerprint density at radius 3 is 2.17 bits per heavy atom. The third-order valence-corrected chi connectivity index (χ3v) is 2.31. The number of carbonyl (C=O) groups excluding carboxylic acids is 2. The zero-order chi connectivity index (χ0) is 13.8. The lowest BCUT2D eigenvalue weighted by atomic mass is 10.1. The van der Waals surface area contributed by atoms with E-state index in [0.29, 0.717) is 13.2 Å². The van der Waals surface area contributed by atoms with Crippen molar-refractivity contribution >= 4 is 11.9 Å². The average molecular weight is 256 g/mol. The standard InChI is InChI=1S/C14H24O4/c1-4-17-13(15)9-10-14(16)18-11-7-5-6-8-12(2)3/h9-10,12H,4-8,11H2,1-3H3. The summed E-state index contributed by atoms with van der Waals surface area (Å²) in [4.78, 5) is 22.1. The Balaban J connectivity index is 3.50. The van der Waals surface area contributed by atoms with E-state index in [0.717, 1.165) is 37.3 Å². The summed E-state index contributed by atoms with van der Waals surface area (Å²) in [5.74, 6) is -0.293. The molecule has 0 heterocycles. The summed E-state index contributed by atoms with van der Waals surface area (Å²) < 4.78 is 9.58. The molecule has 4 heteroatoms. The van der Waals surface area contributed by atoms with Gasteiger partial charge in [-0.25, -0.2) is 9.59 Å². The molecule has 0 aromatic rings. The van der Waals surface area contributed by atoms with Crippen molar-refractivity contribution in [1.29, 1.82) is 0 Å². The average Bonchev–Trinajstić information content (AvgIpc) is 2.31. The van der Waals surface area contributed by atoms with Crippen LogP contribution in [0.3, 0.4) is 0 Å². The third-order valence-electron chi connectivity index (χ3n) is 2.31. The van der Waals surface area contributed by atoms with Gasteiger partial charge < -0.3 is 9.47 Å². The van der Waals surface area contributed by atoms with E-state index in [1.807, 2.05) is 0 Å². The molecule has 0 fully saturated rings. The highest BCUT2D eigenvalue weighted by Gasteiger charge is 2.00. The fourth-order valence-corrected chi connectivity index (χ4v) is 1.38. The van der Waals surface area contributed by atoms with Crippen molar-refractivity contribution in [2.24, 2.45) is 5.92 Å². The molecular formula is C14H24O4. The molecule has 18 heavy (non-hydrogen) atoms. The molecule has 104 valence electrons. The molecule has 0 aliphatic heterocycles. The molecule has 0 saturated carbocycles. The zero-order valence-electron chi connectivity index (χ0n) is 11.6. The number of hydrogen-bond donors (Lipinski definition) is 0. The van der Waals surface area contributed by atoms with Crippen molar-refractivity contribution in [3.63, 3.8) is 0 Å². The maximum atomic E-state index is 11.2. The van der Waals surface area contributed by atoms with E-state index in [1.54, 1.807) is 6.92 Å². The van der Waals surface area contributed by atoms with Gasteiger partial charge in [0.05, 0.1) is 13.2 Å². The highest BCUT2D eigenvalue weighted by Crippen LogP contribution is 2.07. The quantitative estimate of drug-likeness (QED) is 0.361. The van der Waals surface area contributed by atoms with Crippen LogP contribution in [0.5, 0.6) is 0 Å². The summed E-state index contributed by atoms with van der Waals surface area (Å²) in [5.41, 5.74) is 0. The molecule has 0 aromatic carbocycles. The molecule has 0 N–H and O–H groups in total. The summed E-state index contributed by atoms with van der Waals surface area (Å²) in [5, 5.41) is 0. The summed E-state index contributed by atoms with van der Waals surface area (Å²) in [7, 11) is 0. The SMILES string of the molecule is CCOC(=O)C=CC(=O)OCCCCCC(C)C. The molecule has 0 aliphatic rings. The van der Waals surface area contributed by atoms with Crippen molar-refractivity contribution in [1.82, 2.24) is 0 Å².